The van der Waals surface area contributed by atoms with E-state index in [1.807, 2.05) is 18.2 Å². The second kappa shape index (κ2) is 9.50. The van der Waals surface area contributed by atoms with Crippen molar-refractivity contribution in [3.8, 4) is 17.2 Å². The molecule has 2 aromatic carbocycles. The highest BCUT2D eigenvalue weighted by Crippen LogP contribution is 2.35. The van der Waals surface area contributed by atoms with Gasteiger partial charge in [0.25, 0.3) is 0 Å². The molecule has 0 aliphatic heterocycles. The highest BCUT2D eigenvalue weighted by atomic mass is 35.5. The molecule has 0 bridgehead atoms. The summed E-state index contributed by atoms with van der Waals surface area (Å²) in [5, 5.41) is 10.0. The molecule has 3 rings (SSSR count). The Morgan fingerprint density at radius 2 is 1.86 bits per heavy atom. The Hall–Kier alpha value is -2.25. The number of nitrogens with zero attached hydrogens (tertiary/aromatic N) is 1. The zero-order valence-electron chi connectivity index (χ0n) is 15.1. The molecule has 152 valence electrons. The average molecular weight is 456 g/mol. The van der Waals surface area contributed by atoms with Crippen LogP contribution in [-0.2, 0) is 17.6 Å². The summed E-state index contributed by atoms with van der Waals surface area (Å²) in [4.78, 5) is 15.3. The van der Waals surface area contributed by atoms with Gasteiger partial charge in [0.15, 0.2) is 5.75 Å². The number of hydrogen-bond acceptors (Lipinski definition) is 5. The first-order valence-corrected chi connectivity index (χ1v) is 9.77. The number of hydrogen-bond donors (Lipinski definition) is 2. The Balaban J connectivity index is 1.62. The highest BCUT2D eigenvalue weighted by molar-refractivity contribution is 6.37. The second-order valence-corrected chi connectivity index (χ2v) is 7.48. The van der Waals surface area contributed by atoms with E-state index in [-0.39, 0.29) is 23.1 Å². The molecule has 0 amide bonds. The van der Waals surface area contributed by atoms with E-state index in [4.69, 9.17) is 54.8 Å². The monoisotopic (exact) mass is 454 g/mol. The Morgan fingerprint density at radius 3 is 2.52 bits per heavy atom. The molecule has 1 aromatic heterocycles. The van der Waals surface area contributed by atoms with Crippen LogP contribution in [0.1, 0.15) is 11.3 Å². The number of oxazole rings is 1. The van der Waals surface area contributed by atoms with Crippen LogP contribution in [0, 0.1) is 0 Å². The summed E-state index contributed by atoms with van der Waals surface area (Å²) in [6, 6.07) is 9.43. The highest BCUT2D eigenvalue weighted by Gasteiger charge is 2.16. The van der Waals surface area contributed by atoms with Gasteiger partial charge in [-0.2, -0.15) is 0 Å². The molecule has 1 heterocycles. The molecule has 3 aromatic rings. The summed E-state index contributed by atoms with van der Waals surface area (Å²) < 4.78 is 11.2. The number of nitrogens with two attached hydrogens (primary N) is 1. The first kappa shape index (κ1) is 21.5. The quantitative estimate of drug-likeness (QED) is 0.502. The minimum Gasteiger partial charge on any atom is -0.490 e. The van der Waals surface area contributed by atoms with E-state index in [0.29, 0.717) is 39.9 Å². The first-order chi connectivity index (χ1) is 13.8. The van der Waals surface area contributed by atoms with E-state index >= 15 is 0 Å². The van der Waals surface area contributed by atoms with Crippen molar-refractivity contribution in [2.45, 2.75) is 18.9 Å². The van der Waals surface area contributed by atoms with Crippen molar-refractivity contribution in [1.82, 2.24) is 4.98 Å². The van der Waals surface area contributed by atoms with Crippen LogP contribution in [0.4, 0.5) is 0 Å². The maximum Gasteiger partial charge on any atom is 0.320 e. The van der Waals surface area contributed by atoms with Crippen molar-refractivity contribution in [3.63, 3.8) is 0 Å². The lowest BCUT2D eigenvalue weighted by Crippen LogP contribution is -2.32. The third-order valence-electron chi connectivity index (χ3n) is 4.09. The van der Waals surface area contributed by atoms with Crippen LogP contribution in [-0.4, -0.2) is 28.7 Å². The number of carboxylic acid groups (broad SMARTS) is 1. The number of carboxylic acids is 1. The molecule has 9 heteroatoms. The summed E-state index contributed by atoms with van der Waals surface area (Å²) in [6.07, 6.45) is 2.12. The molecule has 29 heavy (non-hydrogen) atoms. The molecule has 0 aliphatic carbocycles. The van der Waals surface area contributed by atoms with Crippen LogP contribution in [0.5, 0.6) is 5.75 Å². The molecule has 0 radical (unpaired) electrons. The number of halogens is 3. The summed E-state index contributed by atoms with van der Waals surface area (Å²) in [6.45, 7) is 0.266. The molecule has 0 saturated carbocycles. The maximum atomic E-state index is 10.9. The normalized spacial score (nSPS) is 12.0. The Kier molecular flexibility index (Phi) is 7.03. The maximum absolute atomic E-state index is 10.9. The topological polar surface area (TPSA) is 98.6 Å². The van der Waals surface area contributed by atoms with Crippen molar-refractivity contribution in [2.24, 2.45) is 5.73 Å². The van der Waals surface area contributed by atoms with Gasteiger partial charge in [-0.1, -0.05) is 46.9 Å². The number of carbonyl (C=O) groups is 1. The molecule has 1 atom stereocenters. The summed E-state index contributed by atoms with van der Waals surface area (Å²) in [5.41, 5.74) is 7.56. The van der Waals surface area contributed by atoms with Gasteiger partial charge in [0.2, 0.25) is 5.89 Å². The van der Waals surface area contributed by atoms with Gasteiger partial charge in [0.1, 0.15) is 12.3 Å². The van der Waals surface area contributed by atoms with Crippen molar-refractivity contribution in [3.05, 3.63) is 69.0 Å². The average Bonchev–Trinajstić information content (AvgIpc) is 3.13. The Morgan fingerprint density at radius 1 is 1.17 bits per heavy atom. The molecule has 3 N–H and O–H groups in total. The van der Waals surface area contributed by atoms with E-state index in [1.165, 1.54) is 0 Å². The second-order valence-electron chi connectivity index (χ2n) is 6.26. The van der Waals surface area contributed by atoms with Gasteiger partial charge in [0, 0.05) is 6.42 Å². The standard InChI is InChI=1S/C20H17Cl3N2O4/c21-14-4-2-1-3-13(14)19-25-12(10-29-19)5-6-28-18-15(22)7-11(8-16(18)23)9-17(24)20(26)27/h1-4,7-8,10,17H,5-6,9,24H2,(H,26,27). The number of ether oxygens (including phenoxy) is 1. The van der Waals surface area contributed by atoms with E-state index in [9.17, 15) is 4.79 Å². The lowest BCUT2D eigenvalue weighted by Gasteiger charge is -2.12. The first-order valence-electron chi connectivity index (χ1n) is 8.63. The zero-order valence-corrected chi connectivity index (χ0v) is 17.3. The van der Waals surface area contributed by atoms with Gasteiger partial charge in [0.05, 0.1) is 32.9 Å². The molecule has 0 fully saturated rings. The van der Waals surface area contributed by atoms with E-state index < -0.39 is 12.0 Å². The van der Waals surface area contributed by atoms with Crippen LogP contribution in [0.25, 0.3) is 11.5 Å². The Bertz CT molecular complexity index is 999. The predicted octanol–water partition coefficient (Wildman–Crippen LogP) is 4.88. The number of aliphatic carboxylic acids is 1. The lowest BCUT2D eigenvalue weighted by atomic mass is 10.1. The third kappa shape index (κ3) is 5.42. The van der Waals surface area contributed by atoms with Crippen LogP contribution in [0.2, 0.25) is 15.1 Å². The number of rotatable bonds is 8. The van der Waals surface area contributed by atoms with Gasteiger partial charge < -0.3 is 20.0 Å². The molecule has 0 aliphatic rings. The van der Waals surface area contributed by atoms with E-state index in [0.717, 1.165) is 0 Å². The SMILES string of the molecule is NC(Cc1cc(Cl)c(OCCc2coc(-c3ccccc3Cl)n2)c(Cl)c1)C(=O)O. The van der Waals surface area contributed by atoms with Crippen molar-refractivity contribution in [1.29, 1.82) is 0 Å². The fourth-order valence-electron chi connectivity index (χ4n) is 2.65. The smallest absolute Gasteiger partial charge is 0.320 e. The number of aromatic nitrogens is 1. The van der Waals surface area contributed by atoms with Gasteiger partial charge >= 0.3 is 5.97 Å². The van der Waals surface area contributed by atoms with Crippen molar-refractivity contribution < 1.29 is 19.1 Å². The lowest BCUT2D eigenvalue weighted by molar-refractivity contribution is -0.138. The van der Waals surface area contributed by atoms with E-state index in [1.54, 1.807) is 24.5 Å². The molecular formula is C20H17Cl3N2O4. The molecule has 1 unspecified atom stereocenters. The number of benzene rings is 2. The third-order valence-corrected chi connectivity index (χ3v) is 4.98. The summed E-state index contributed by atoms with van der Waals surface area (Å²) in [5.74, 6) is -0.349. The van der Waals surface area contributed by atoms with Crippen molar-refractivity contribution in [2.75, 3.05) is 6.61 Å². The zero-order chi connectivity index (χ0) is 21.0. The van der Waals surface area contributed by atoms with Crippen LogP contribution < -0.4 is 10.5 Å². The van der Waals surface area contributed by atoms with Gasteiger partial charge in [-0.05, 0) is 36.2 Å². The van der Waals surface area contributed by atoms with Crippen LogP contribution in [0.3, 0.4) is 0 Å². The minimum atomic E-state index is -1.10. The Labute approximate surface area is 182 Å². The summed E-state index contributed by atoms with van der Waals surface area (Å²) in [7, 11) is 0. The van der Waals surface area contributed by atoms with Crippen LogP contribution in [0.15, 0.2) is 47.1 Å². The molecule has 0 saturated heterocycles. The van der Waals surface area contributed by atoms with Gasteiger partial charge in [-0.3, -0.25) is 4.79 Å². The molecule has 0 spiro atoms. The minimum absolute atomic E-state index is 0.110. The van der Waals surface area contributed by atoms with Gasteiger partial charge in [-0.25, -0.2) is 4.98 Å². The van der Waals surface area contributed by atoms with Crippen molar-refractivity contribution >= 4 is 40.8 Å². The fourth-order valence-corrected chi connectivity index (χ4v) is 3.51. The fraction of sp³-hybridized carbons (Fsp3) is 0.200. The van der Waals surface area contributed by atoms with Gasteiger partial charge in [-0.15, -0.1) is 0 Å². The van der Waals surface area contributed by atoms with E-state index in [2.05, 4.69) is 4.98 Å². The molecular weight excluding hydrogens is 439 g/mol. The predicted molar refractivity (Wildman–Crippen MR) is 112 cm³/mol. The summed E-state index contributed by atoms with van der Waals surface area (Å²) >= 11 is 18.6. The molecule has 6 nitrogen and oxygen atoms in total. The van der Waals surface area contributed by atoms with Crippen LogP contribution >= 0.6 is 34.8 Å². The largest absolute Gasteiger partial charge is 0.490 e.